The van der Waals surface area contributed by atoms with Crippen molar-refractivity contribution in [3.05, 3.63) is 18.3 Å². The number of hydrogen-bond donors (Lipinski definition) is 3. The van der Waals surface area contributed by atoms with E-state index in [1.807, 2.05) is 0 Å². The number of fused-ring (bicyclic) bond motifs is 1. The van der Waals surface area contributed by atoms with Gasteiger partial charge in [-0.2, -0.15) is 0 Å². The van der Waals surface area contributed by atoms with E-state index in [4.69, 9.17) is 4.74 Å². The van der Waals surface area contributed by atoms with Crippen LogP contribution in [-0.4, -0.2) is 84.3 Å². The molecule has 11 heteroatoms. The van der Waals surface area contributed by atoms with Gasteiger partial charge in [0.25, 0.3) is 0 Å². The van der Waals surface area contributed by atoms with Crippen LogP contribution in [0.15, 0.2) is 12.7 Å². The molecule has 1 aliphatic heterocycles. The molecule has 2 aromatic heterocycles. The van der Waals surface area contributed by atoms with E-state index in [2.05, 4.69) is 19.7 Å². The Morgan fingerprint density at radius 2 is 2.15 bits per heavy atom. The fourth-order valence-electron chi connectivity index (χ4n) is 2.76. The Morgan fingerprint density at radius 3 is 2.85 bits per heavy atom. The number of nitrogens with zero attached hydrogens (tertiary/aromatic N) is 4. The molecule has 3 heterocycles. The zero-order chi connectivity index (χ0) is 18.7. The Balaban J connectivity index is 1.75. The summed E-state index contributed by atoms with van der Waals surface area (Å²) < 4.78 is 11.6. The molecule has 2 aromatic rings. The van der Waals surface area contributed by atoms with Crippen LogP contribution in [0, 0.1) is 0 Å². The minimum absolute atomic E-state index is 0.266. The van der Waals surface area contributed by atoms with E-state index in [0.717, 1.165) is 0 Å². The van der Waals surface area contributed by atoms with E-state index in [1.54, 1.807) is 0 Å². The van der Waals surface area contributed by atoms with Crippen LogP contribution >= 0.6 is 11.8 Å². The molecule has 3 rings (SSSR count). The van der Waals surface area contributed by atoms with E-state index < -0.39 is 31.1 Å². The van der Waals surface area contributed by atoms with Crippen molar-refractivity contribution in [1.29, 1.82) is 0 Å². The molecule has 1 fully saturated rings. The molecule has 1 saturated heterocycles. The average molecular weight is 384 g/mol. The van der Waals surface area contributed by atoms with Crippen molar-refractivity contribution in [3.8, 4) is 0 Å². The molecule has 0 spiro atoms. The quantitative estimate of drug-likeness (QED) is 0.397. The summed E-state index contributed by atoms with van der Waals surface area (Å²) in [7, 11) is 1.35. The van der Waals surface area contributed by atoms with Crippen LogP contribution in [0.1, 0.15) is 11.9 Å². The number of imidazole rings is 1. The summed E-state index contributed by atoms with van der Waals surface area (Å²) in [4.78, 5) is 23.9. The fraction of sp³-hybridized carbons (Fsp3) is 0.600. The lowest BCUT2D eigenvalue weighted by Gasteiger charge is -2.16. The number of ether oxygens (including phenoxy) is 2. The van der Waals surface area contributed by atoms with Gasteiger partial charge in [0.2, 0.25) is 0 Å². The first-order valence-electron chi connectivity index (χ1n) is 8.00. The summed E-state index contributed by atoms with van der Waals surface area (Å²) >= 11 is 1.43. The Morgan fingerprint density at radius 1 is 1.35 bits per heavy atom. The SMILES string of the molecule is COC(=O)CSCCc1ncnc2c1ncn2[C@@H]1O[C@H](CO)[C@@H](O)[C@H]1O. The number of aryl methyl sites for hydroxylation is 1. The largest absolute Gasteiger partial charge is 0.468 e. The number of carbonyl (C=O) groups is 1. The number of methoxy groups -OCH3 is 1. The molecule has 142 valence electrons. The van der Waals surface area contributed by atoms with Crippen molar-refractivity contribution in [3.63, 3.8) is 0 Å². The maximum absolute atomic E-state index is 11.1. The van der Waals surface area contributed by atoms with Crippen molar-refractivity contribution in [2.75, 3.05) is 25.2 Å². The third kappa shape index (κ3) is 3.67. The van der Waals surface area contributed by atoms with Crippen LogP contribution in [-0.2, 0) is 20.7 Å². The normalized spacial score (nSPS) is 25.7. The van der Waals surface area contributed by atoms with Crippen molar-refractivity contribution in [2.45, 2.75) is 31.0 Å². The molecule has 0 saturated carbocycles. The zero-order valence-electron chi connectivity index (χ0n) is 14.1. The standard InChI is InChI=1S/C15H20N4O6S/c1-24-10(21)5-26-3-2-8-11-14(17-6-16-8)19(7-18-11)15-13(23)12(22)9(4-20)25-15/h6-7,9,12-13,15,20,22-23H,2-5H2,1H3/t9-,12-,13-,15-/m1/s1. The van der Waals surface area contributed by atoms with E-state index in [0.29, 0.717) is 29.0 Å². The molecule has 0 aliphatic carbocycles. The second kappa shape index (κ2) is 8.27. The minimum Gasteiger partial charge on any atom is -0.468 e. The fourth-order valence-corrected chi connectivity index (χ4v) is 3.53. The maximum atomic E-state index is 11.1. The molecule has 10 nitrogen and oxygen atoms in total. The van der Waals surface area contributed by atoms with Gasteiger partial charge in [0, 0.05) is 6.42 Å². The number of aliphatic hydroxyl groups excluding tert-OH is 3. The Labute approximate surface area is 153 Å². The number of hydrogen-bond acceptors (Lipinski definition) is 10. The molecule has 0 bridgehead atoms. The smallest absolute Gasteiger partial charge is 0.315 e. The number of aliphatic hydroxyl groups is 3. The van der Waals surface area contributed by atoms with Crippen LogP contribution in [0.2, 0.25) is 0 Å². The molecule has 26 heavy (non-hydrogen) atoms. The highest BCUT2D eigenvalue weighted by Crippen LogP contribution is 2.31. The lowest BCUT2D eigenvalue weighted by atomic mass is 10.1. The Bertz CT molecular complexity index is 772. The number of aromatic nitrogens is 4. The first kappa shape index (κ1) is 19.0. The maximum Gasteiger partial charge on any atom is 0.315 e. The molecule has 0 amide bonds. The third-order valence-corrected chi connectivity index (χ3v) is 5.09. The molecule has 1 aliphatic rings. The highest BCUT2D eigenvalue weighted by Gasteiger charge is 2.43. The van der Waals surface area contributed by atoms with Crippen LogP contribution in [0.4, 0.5) is 0 Å². The van der Waals surface area contributed by atoms with Gasteiger partial charge in [0.05, 0.1) is 31.5 Å². The minimum atomic E-state index is -1.21. The van der Waals surface area contributed by atoms with Gasteiger partial charge in [-0.05, 0) is 5.75 Å². The molecule has 4 atom stereocenters. The van der Waals surface area contributed by atoms with E-state index in [9.17, 15) is 20.1 Å². The number of rotatable bonds is 7. The number of thioether (sulfide) groups is 1. The van der Waals surface area contributed by atoms with Gasteiger partial charge in [-0.3, -0.25) is 9.36 Å². The van der Waals surface area contributed by atoms with Crippen LogP contribution in [0.3, 0.4) is 0 Å². The average Bonchev–Trinajstić information content (AvgIpc) is 3.20. The molecular formula is C15H20N4O6S. The monoisotopic (exact) mass is 384 g/mol. The third-order valence-electron chi connectivity index (χ3n) is 4.16. The second-order valence-electron chi connectivity index (χ2n) is 5.75. The van der Waals surface area contributed by atoms with Gasteiger partial charge in [-0.1, -0.05) is 0 Å². The lowest BCUT2D eigenvalue weighted by molar-refractivity contribution is -0.137. The Hall–Kier alpha value is -1.79. The summed E-state index contributed by atoms with van der Waals surface area (Å²) in [5.41, 5.74) is 1.73. The van der Waals surface area contributed by atoms with Gasteiger partial charge >= 0.3 is 5.97 Å². The predicted molar refractivity (Wildman–Crippen MR) is 91.4 cm³/mol. The molecule has 3 N–H and O–H groups in total. The summed E-state index contributed by atoms with van der Waals surface area (Å²) in [6.45, 7) is -0.404. The Kier molecular flexibility index (Phi) is 6.04. The van der Waals surface area contributed by atoms with Crippen LogP contribution in [0.5, 0.6) is 0 Å². The summed E-state index contributed by atoms with van der Waals surface area (Å²) in [6.07, 6.45) is -0.746. The van der Waals surface area contributed by atoms with Crippen LogP contribution < -0.4 is 0 Å². The lowest BCUT2D eigenvalue weighted by Crippen LogP contribution is -2.33. The summed E-state index contributed by atoms with van der Waals surface area (Å²) in [5.74, 6) is 0.639. The van der Waals surface area contributed by atoms with Gasteiger partial charge in [-0.25, -0.2) is 15.0 Å². The molecule has 0 aromatic carbocycles. The van der Waals surface area contributed by atoms with Crippen molar-refractivity contribution < 1.29 is 29.6 Å². The summed E-state index contributed by atoms with van der Waals surface area (Å²) in [6, 6.07) is 0. The highest BCUT2D eigenvalue weighted by atomic mass is 32.2. The molecular weight excluding hydrogens is 364 g/mol. The zero-order valence-corrected chi connectivity index (χ0v) is 14.9. The van der Waals surface area contributed by atoms with Crippen LogP contribution in [0.25, 0.3) is 11.2 Å². The van der Waals surface area contributed by atoms with Crippen molar-refractivity contribution in [1.82, 2.24) is 19.5 Å². The predicted octanol–water partition coefficient (Wildman–Crippen LogP) is -1.11. The van der Waals surface area contributed by atoms with Crippen molar-refractivity contribution >= 4 is 28.9 Å². The van der Waals surface area contributed by atoms with Gasteiger partial charge in [0.1, 0.15) is 30.2 Å². The first-order valence-corrected chi connectivity index (χ1v) is 9.15. The van der Waals surface area contributed by atoms with E-state index in [-0.39, 0.29) is 11.7 Å². The second-order valence-corrected chi connectivity index (χ2v) is 6.86. The highest BCUT2D eigenvalue weighted by molar-refractivity contribution is 7.99. The first-order chi connectivity index (χ1) is 12.6. The van der Waals surface area contributed by atoms with Gasteiger partial charge in [0.15, 0.2) is 11.9 Å². The summed E-state index contributed by atoms with van der Waals surface area (Å²) in [5, 5.41) is 29.3. The number of carbonyl (C=O) groups excluding carboxylic acids is 1. The van der Waals surface area contributed by atoms with E-state index >= 15 is 0 Å². The number of esters is 1. The topological polar surface area (TPSA) is 140 Å². The van der Waals surface area contributed by atoms with Gasteiger partial charge < -0.3 is 24.8 Å². The van der Waals surface area contributed by atoms with E-state index in [1.165, 1.54) is 36.1 Å². The van der Waals surface area contributed by atoms with Crippen molar-refractivity contribution in [2.24, 2.45) is 0 Å². The molecule has 0 radical (unpaired) electrons. The molecule has 0 unspecified atom stereocenters. The van der Waals surface area contributed by atoms with Gasteiger partial charge in [-0.15, -0.1) is 11.8 Å².